The predicted octanol–water partition coefficient (Wildman–Crippen LogP) is 17.3. The number of hydrogen-bond acceptors (Lipinski definition) is 3. The molecule has 63 heavy (non-hydrogen) atoms. The van der Waals surface area contributed by atoms with Crippen LogP contribution >= 0.6 is 0 Å². The highest BCUT2D eigenvalue weighted by molar-refractivity contribution is 6.10. The average molecular weight is 806 g/mol. The maximum atomic E-state index is 6.44. The van der Waals surface area contributed by atoms with Crippen molar-refractivity contribution in [3.05, 3.63) is 237 Å². The number of fused-ring (bicyclic) bond motifs is 6. The second-order valence-electron chi connectivity index (χ2n) is 16.1. The SMILES string of the molecule is c1ccc(-c2cc(-c3ccccc3)cc(-c3ccc(N(c4ccc(-c5cccc6c5oc5ccccc56)cc4)c4ccc(-c5cccc6c5oc5ccccc56)cc4)cc3)c2)cc1. The third kappa shape index (κ3) is 6.55. The molecule has 0 atom stereocenters. The number of para-hydroxylation sites is 4. The van der Waals surface area contributed by atoms with Crippen molar-refractivity contribution in [1.29, 1.82) is 0 Å². The van der Waals surface area contributed by atoms with Gasteiger partial charge in [-0.2, -0.15) is 0 Å². The Labute approximate surface area is 365 Å². The van der Waals surface area contributed by atoms with Crippen LogP contribution in [0.25, 0.3) is 99.5 Å². The molecule has 0 N–H and O–H groups in total. The summed E-state index contributed by atoms with van der Waals surface area (Å²) >= 11 is 0. The molecule has 0 aliphatic rings. The number of rotatable bonds is 8. The Morgan fingerprint density at radius 1 is 0.238 bits per heavy atom. The molecule has 0 saturated heterocycles. The average Bonchev–Trinajstić information content (AvgIpc) is 3.94. The van der Waals surface area contributed by atoms with E-state index in [1.165, 1.54) is 27.8 Å². The first-order chi connectivity index (χ1) is 31.2. The van der Waals surface area contributed by atoms with Crippen LogP contribution in [0, 0.1) is 0 Å². The normalized spacial score (nSPS) is 11.5. The van der Waals surface area contributed by atoms with Gasteiger partial charge in [0.15, 0.2) is 0 Å². The molecule has 296 valence electrons. The number of nitrogens with zero attached hydrogens (tertiary/aromatic N) is 1. The quantitative estimate of drug-likeness (QED) is 0.153. The van der Waals surface area contributed by atoms with Crippen molar-refractivity contribution in [3.8, 4) is 55.6 Å². The summed E-state index contributed by atoms with van der Waals surface area (Å²) in [6, 6.07) is 84.1. The molecule has 2 aromatic heterocycles. The summed E-state index contributed by atoms with van der Waals surface area (Å²) in [5.41, 5.74) is 18.2. The fourth-order valence-corrected chi connectivity index (χ4v) is 9.17. The zero-order chi connectivity index (χ0) is 41.7. The molecule has 10 aromatic carbocycles. The first kappa shape index (κ1) is 36.5. The van der Waals surface area contributed by atoms with Gasteiger partial charge >= 0.3 is 0 Å². The van der Waals surface area contributed by atoms with Gasteiger partial charge in [-0.05, 0) is 111 Å². The fraction of sp³-hybridized carbons (Fsp3) is 0. The van der Waals surface area contributed by atoms with E-state index in [-0.39, 0.29) is 0 Å². The summed E-state index contributed by atoms with van der Waals surface area (Å²) in [6.45, 7) is 0. The summed E-state index contributed by atoms with van der Waals surface area (Å²) in [7, 11) is 0. The van der Waals surface area contributed by atoms with Gasteiger partial charge in [-0.15, -0.1) is 0 Å². The number of anilines is 3. The van der Waals surface area contributed by atoms with E-state index in [4.69, 9.17) is 8.83 Å². The van der Waals surface area contributed by atoms with Crippen molar-refractivity contribution in [2.45, 2.75) is 0 Å². The highest BCUT2D eigenvalue weighted by Crippen LogP contribution is 2.42. The van der Waals surface area contributed by atoms with E-state index in [1.54, 1.807) is 0 Å². The van der Waals surface area contributed by atoms with Crippen LogP contribution in [0.5, 0.6) is 0 Å². The molecule has 3 heteroatoms. The molecule has 0 amide bonds. The van der Waals surface area contributed by atoms with Gasteiger partial charge in [0.1, 0.15) is 22.3 Å². The standard InChI is InChI=1S/C60H39NO2/c1-3-13-40(14-4-1)45-37-46(41-15-5-2-6-16-41)39-47(38-45)42-25-31-48(32-26-42)61(49-33-27-43(28-34-49)51-19-11-21-55-53-17-7-9-23-57(53)62-59(51)55)50-35-29-44(30-36-50)52-20-12-22-56-54-18-8-10-24-58(54)63-60(52)56/h1-39H. The van der Waals surface area contributed by atoms with Crippen LogP contribution in [0.15, 0.2) is 245 Å². The molecular weight excluding hydrogens is 767 g/mol. The van der Waals surface area contributed by atoms with E-state index < -0.39 is 0 Å². The van der Waals surface area contributed by atoms with Crippen molar-refractivity contribution >= 4 is 60.9 Å². The minimum absolute atomic E-state index is 0.897. The lowest BCUT2D eigenvalue weighted by Gasteiger charge is -2.26. The summed E-state index contributed by atoms with van der Waals surface area (Å²) < 4.78 is 12.9. The number of hydrogen-bond donors (Lipinski definition) is 0. The second-order valence-corrected chi connectivity index (χ2v) is 16.1. The van der Waals surface area contributed by atoms with E-state index in [0.717, 1.165) is 88.8 Å². The Hall–Kier alpha value is -8.40. The molecule has 12 rings (SSSR count). The van der Waals surface area contributed by atoms with Gasteiger partial charge in [0.2, 0.25) is 0 Å². The molecule has 3 nitrogen and oxygen atoms in total. The zero-order valence-electron chi connectivity index (χ0n) is 34.3. The molecule has 0 unspecified atom stereocenters. The third-order valence-corrected chi connectivity index (χ3v) is 12.3. The maximum Gasteiger partial charge on any atom is 0.143 e. The van der Waals surface area contributed by atoms with Gasteiger partial charge in [0.05, 0.1) is 0 Å². The first-order valence-corrected chi connectivity index (χ1v) is 21.4. The molecule has 0 spiro atoms. The highest BCUT2D eigenvalue weighted by Gasteiger charge is 2.18. The molecule has 12 aromatic rings. The summed E-state index contributed by atoms with van der Waals surface area (Å²) in [5, 5.41) is 4.50. The first-order valence-electron chi connectivity index (χ1n) is 21.4. The van der Waals surface area contributed by atoms with Crippen molar-refractivity contribution in [3.63, 3.8) is 0 Å². The van der Waals surface area contributed by atoms with Gasteiger partial charge < -0.3 is 13.7 Å². The van der Waals surface area contributed by atoms with Crippen molar-refractivity contribution in [2.24, 2.45) is 0 Å². The zero-order valence-corrected chi connectivity index (χ0v) is 34.3. The Kier molecular flexibility index (Phi) is 8.83. The van der Waals surface area contributed by atoms with Crippen LogP contribution < -0.4 is 4.90 Å². The number of furan rings is 2. The van der Waals surface area contributed by atoms with Crippen LogP contribution in [-0.2, 0) is 0 Å². The summed E-state index contributed by atoms with van der Waals surface area (Å²) in [6.07, 6.45) is 0. The predicted molar refractivity (Wildman–Crippen MR) is 263 cm³/mol. The van der Waals surface area contributed by atoms with Crippen LogP contribution in [0.4, 0.5) is 17.1 Å². The lowest BCUT2D eigenvalue weighted by atomic mass is 9.93. The lowest BCUT2D eigenvalue weighted by Crippen LogP contribution is -2.09. The van der Waals surface area contributed by atoms with Crippen LogP contribution in [0.3, 0.4) is 0 Å². The van der Waals surface area contributed by atoms with Crippen LogP contribution in [0.1, 0.15) is 0 Å². The molecule has 0 saturated carbocycles. The molecule has 2 heterocycles. The van der Waals surface area contributed by atoms with E-state index in [0.29, 0.717) is 0 Å². The second kappa shape index (κ2) is 15.3. The van der Waals surface area contributed by atoms with Crippen molar-refractivity contribution in [2.75, 3.05) is 4.90 Å². The van der Waals surface area contributed by atoms with Crippen molar-refractivity contribution in [1.82, 2.24) is 0 Å². The monoisotopic (exact) mass is 805 g/mol. The molecule has 0 aliphatic carbocycles. The minimum atomic E-state index is 0.897. The number of benzene rings is 10. The molecule has 0 aliphatic heterocycles. The molecule has 0 bridgehead atoms. The topological polar surface area (TPSA) is 29.5 Å². The third-order valence-electron chi connectivity index (χ3n) is 12.3. The Morgan fingerprint density at radius 3 is 0.984 bits per heavy atom. The van der Waals surface area contributed by atoms with Crippen LogP contribution in [0.2, 0.25) is 0 Å². The van der Waals surface area contributed by atoms with Gasteiger partial charge in [-0.3, -0.25) is 0 Å². The van der Waals surface area contributed by atoms with Crippen LogP contribution in [-0.4, -0.2) is 0 Å². The minimum Gasteiger partial charge on any atom is -0.455 e. The van der Waals surface area contributed by atoms with E-state index >= 15 is 0 Å². The lowest BCUT2D eigenvalue weighted by molar-refractivity contribution is 0.669. The van der Waals surface area contributed by atoms with E-state index in [2.05, 4.69) is 217 Å². The fourth-order valence-electron chi connectivity index (χ4n) is 9.17. The smallest absolute Gasteiger partial charge is 0.143 e. The van der Waals surface area contributed by atoms with Gasteiger partial charge in [0.25, 0.3) is 0 Å². The van der Waals surface area contributed by atoms with Crippen molar-refractivity contribution < 1.29 is 8.83 Å². The van der Waals surface area contributed by atoms with Gasteiger partial charge in [-0.1, -0.05) is 170 Å². The van der Waals surface area contributed by atoms with Gasteiger partial charge in [-0.25, -0.2) is 0 Å². The largest absolute Gasteiger partial charge is 0.455 e. The highest BCUT2D eigenvalue weighted by atomic mass is 16.3. The molecule has 0 radical (unpaired) electrons. The Morgan fingerprint density at radius 2 is 0.571 bits per heavy atom. The van der Waals surface area contributed by atoms with E-state index in [9.17, 15) is 0 Å². The summed E-state index contributed by atoms with van der Waals surface area (Å²) in [4.78, 5) is 2.33. The molecule has 0 fully saturated rings. The Bertz CT molecular complexity index is 3370. The maximum absolute atomic E-state index is 6.44. The van der Waals surface area contributed by atoms with Gasteiger partial charge in [0, 0.05) is 49.7 Å². The Balaban J connectivity index is 0.951. The van der Waals surface area contributed by atoms with E-state index in [1.807, 2.05) is 24.3 Å². The molecular formula is C60H39NO2. The summed E-state index contributed by atoms with van der Waals surface area (Å²) in [5.74, 6) is 0.